The van der Waals surface area contributed by atoms with Crippen LogP contribution in [0, 0.1) is 5.82 Å². The van der Waals surface area contributed by atoms with Crippen molar-refractivity contribution in [3.05, 3.63) is 46.7 Å². The summed E-state index contributed by atoms with van der Waals surface area (Å²) in [4.78, 5) is 15.4. The number of aryl methyl sites for hydroxylation is 1. The van der Waals surface area contributed by atoms with E-state index in [0.717, 1.165) is 0 Å². The normalized spacial score (nSPS) is 10.3. The van der Waals surface area contributed by atoms with Gasteiger partial charge in [0.1, 0.15) is 0 Å². The summed E-state index contributed by atoms with van der Waals surface area (Å²) in [5.74, 6) is -1.42. The van der Waals surface area contributed by atoms with Crippen LogP contribution in [0.2, 0.25) is 0 Å². The molecule has 0 aliphatic rings. The molecule has 0 bridgehead atoms. The molecule has 1 heterocycles. The quantitative estimate of drug-likeness (QED) is 0.632. The third-order valence-electron chi connectivity index (χ3n) is 2.01. The zero-order valence-corrected chi connectivity index (χ0v) is 10.4. The smallest absolute Gasteiger partial charge is 0.364 e. The van der Waals surface area contributed by atoms with Crippen LogP contribution in [0.15, 0.2) is 35.2 Å². The van der Waals surface area contributed by atoms with Crippen molar-refractivity contribution in [3.63, 3.8) is 0 Å². The molecule has 0 saturated carbocycles. The van der Waals surface area contributed by atoms with Gasteiger partial charge >= 0.3 is 5.97 Å². The van der Waals surface area contributed by atoms with E-state index in [1.165, 1.54) is 24.7 Å². The average Bonchev–Trinajstić information content (AvgIpc) is 2.69. The third kappa shape index (κ3) is 2.71. The van der Waals surface area contributed by atoms with Gasteiger partial charge in [-0.3, -0.25) is 0 Å². The first-order chi connectivity index (χ1) is 8.06. The number of nitrogens with zero attached hydrogens (tertiary/aromatic N) is 2. The summed E-state index contributed by atoms with van der Waals surface area (Å²) in [6.07, 6.45) is 2.97. The molecule has 0 N–H and O–H groups in total. The van der Waals surface area contributed by atoms with E-state index in [1.54, 1.807) is 17.7 Å². The number of hydrogen-bond acceptors (Lipinski definition) is 3. The summed E-state index contributed by atoms with van der Waals surface area (Å²) in [5.41, 5.74) is 0.134. The number of rotatable bonds is 2. The predicted molar refractivity (Wildman–Crippen MR) is 62.3 cm³/mol. The molecule has 1 aromatic carbocycles. The molecule has 0 saturated heterocycles. The fourth-order valence-electron chi connectivity index (χ4n) is 1.23. The Morgan fingerprint density at radius 2 is 2.29 bits per heavy atom. The number of benzene rings is 1. The summed E-state index contributed by atoms with van der Waals surface area (Å²) < 4.78 is 20.5. The van der Waals surface area contributed by atoms with Crippen LogP contribution < -0.4 is 4.74 Å². The van der Waals surface area contributed by atoms with Crippen molar-refractivity contribution in [1.82, 2.24) is 9.55 Å². The van der Waals surface area contributed by atoms with Crippen molar-refractivity contribution in [1.29, 1.82) is 0 Å². The number of aromatic nitrogens is 2. The lowest BCUT2D eigenvalue weighted by Crippen LogP contribution is -2.09. The van der Waals surface area contributed by atoms with E-state index in [4.69, 9.17) is 4.74 Å². The van der Waals surface area contributed by atoms with E-state index >= 15 is 0 Å². The molecule has 4 nitrogen and oxygen atoms in total. The fraction of sp³-hybridized carbons (Fsp3) is 0.0909. The van der Waals surface area contributed by atoms with Gasteiger partial charge in [-0.05, 0) is 18.2 Å². The van der Waals surface area contributed by atoms with E-state index in [0.29, 0.717) is 4.47 Å². The van der Waals surface area contributed by atoms with E-state index in [9.17, 15) is 9.18 Å². The summed E-state index contributed by atoms with van der Waals surface area (Å²) in [6, 6.07) is 4.19. The van der Waals surface area contributed by atoms with Crippen LogP contribution >= 0.6 is 15.9 Å². The molecule has 0 fully saturated rings. The molecule has 0 unspecified atom stereocenters. The van der Waals surface area contributed by atoms with Gasteiger partial charge in [-0.2, -0.15) is 0 Å². The molecule has 6 heteroatoms. The third-order valence-corrected chi connectivity index (χ3v) is 2.50. The second kappa shape index (κ2) is 4.67. The predicted octanol–water partition coefficient (Wildman–Crippen LogP) is 2.54. The van der Waals surface area contributed by atoms with Crippen molar-refractivity contribution in [2.45, 2.75) is 0 Å². The van der Waals surface area contributed by atoms with Crippen molar-refractivity contribution in [2.24, 2.45) is 7.05 Å². The van der Waals surface area contributed by atoms with Crippen molar-refractivity contribution in [2.75, 3.05) is 0 Å². The van der Waals surface area contributed by atoms with E-state index in [1.807, 2.05) is 0 Å². The Hall–Kier alpha value is -1.69. The highest BCUT2D eigenvalue weighted by Gasteiger charge is 2.14. The SMILES string of the molecule is Cn1cnc(C(=O)Oc2ccc(Br)cc2F)c1. The van der Waals surface area contributed by atoms with Crippen LogP contribution in [-0.2, 0) is 7.05 Å². The Morgan fingerprint density at radius 1 is 1.53 bits per heavy atom. The van der Waals surface area contributed by atoms with Crippen molar-refractivity contribution in [3.8, 4) is 5.75 Å². The van der Waals surface area contributed by atoms with Gasteiger partial charge in [0.05, 0.1) is 6.33 Å². The highest BCUT2D eigenvalue weighted by Crippen LogP contribution is 2.22. The molecule has 88 valence electrons. The number of imidazole rings is 1. The van der Waals surface area contributed by atoms with Crippen molar-refractivity contribution < 1.29 is 13.9 Å². The first-order valence-corrected chi connectivity index (χ1v) is 5.51. The molecule has 0 radical (unpaired) electrons. The molecule has 2 rings (SSSR count). The van der Waals surface area contributed by atoms with Gasteiger partial charge in [-0.1, -0.05) is 15.9 Å². The fourth-order valence-corrected chi connectivity index (χ4v) is 1.56. The van der Waals surface area contributed by atoms with Crippen LogP contribution in [0.25, 0.3) is 0 Å². The maximum Gasteiger partial charge on any atom is 0.364 e. The number of ether oxygens (including phenoxy) is 1. The Balaban J connectivity index is 2.18. The molecule has 0 spiro atoms. The van der Waals surface area contributed by atoms with Crippen LogP contribution in [0.1, 0.15) is 10.5 Å². The van der Waals surface area contributed by atoms with Gasteiger partial charge in [-0.25, -0.2) is 14.2 Å². The summed E-state index contributed by atoms with van der Waals surface area (Å²) in [6.45, 7) is 0. The Morgan fingerprint density at radius 3 is 2.88 bits per heavy atom. The van der Waals surface area contributed by atoms with Crippen molar-refractivity contribution >= 4 is 21.9 Å². The highest BCUT2D eigenvalue weighted by atomic mass is 79.9. The summed E-state index contributed by atoms with van der Waals surface area (Å²) in [5, 5.41) is 0. The number of halogens is 2. The van der Waals surface area contributed by atoms with Crippen LogP contribution in [-0.4, -0.2) is 15.5 Å². The van der Waals surface area contributed by atoms with Crippen LogP contribution in [0.5, 0.6) is 5.75 Å². The number of hydrogen-bond donors (Lipinski definition) is 0. The second-order valence-corrected chi connectivity index (χ2v) is 4.30. The molecular weight excluding hydrogens is 291 g/mol. The summed E-state index contributed by atoms with van der Waals surface area (Å²) in [7, 11) is 1.73. The second-order valence-electron chi connectivity index (χ2n) is 3.39. The minimum Gasteiger partial charge on any atom is -0.419 e. The molecule has 0 amide bonds. The number of carbonyl (C=O) groups excluding carboxylic acids is 1. The molecule has 2 aromatic rings. The lowest BCUT2D eigenvalue weighted by molar-refractivity contribution is 0.0722. The van der Waals surface area contributed by atoms with Crippen LogP contribution in [0.3, 0.4) is 0 Å². The number of esters is 1. The standard InChI is InChI=1S/C11H8BrFN2O2/c1-15-5-9(14-6-15)11(16)17-10-3-2-7(12)4-8(10)13/h2-6H,1H3. The van der Waals surface area contributed by atoms with Gasteiger partial charge < -0.3 is 9.30 Å². The largest absolute Gasteiger partial charge is 0.419 e. The van der Waals surface area contributed by atoms with Gasteiger partial charge in [0.25, 0.3) is 0 Å². The Kier molecular flexibility index (Phi) is 3.23. The zero-order valence-electron chi connectivity index (χ0n) is 8.85. The molecule has 0 aliphatic carbocycles. The lowest BCUT2D eigenvalue weighted by Gasteiger charge is -2.03. The van der Waals surface area contributed by atoms with Crippen LogP contribution in [0.4, 0.5) is 4.39 Å². The Labute approximate surface area is 105 Å². The minimum atomic E-state index is -0.688. The van der Waals surface area contributed by atoms with E-state index < -0.39 is 11.8 Å². The maximum atomic E-state index is 13.4. The Bertz CT molecular complexity index is 568. The maximum absolute atomic E-state index is 13.4. The molecule has 1 aromatic heterocycles. The van der Waals surface area contributed by atoms with Gasteiger partial charge in [0, 0.05) is 17.7 Å². The molecule has 0 atom stereocenters. The van der Waals surface area contributed by atoms with Gasteiger partial charge in [-0.15, -0.1) is 0 Å². The van der Waals surface area contributed by atoms with E-state index in [-0.39, 0.29) is 11.4 Å². The average molecular weight is 299 g/mol. The molecule has 0 aliphatic heterocycles. The number of carbonyl (C=O) groups is 1. The molecule has 17 heavy (non-hydrogen) atoms. The first-order valence-electron chi connectivity index (χ1n) is 4.71. The summed E-state index contributed by atoms with van der Waals surface area (Å²) >= 11 is 3.11. The molecular formula is C11H8BrFN2O2. The minimum absolute atomic E-state index is 0.121. The lowest BCUT2D eigenvalue weighted by atomic mass is 10.3. The monoisotopic (exact) mass is 298 g/mol. The first kappa shape index (κ1) is 11.8. The van der Waals surface area contributed by atoms with Gasteiger partial charge in [0.2, 0.25) is 0 Å². The topological polar surface area (TPSA) is 44.1 Å². The van der Waals surface area contributed by atoms with Gasteiger partial charge in [0.15, 0.2) is 17.3 Å². The zero-order chi connectivity index (χ0) is 12.4. The van der Waals surface area contributed by atoms with E-state index in [2.05, 4.69) is 20.9 Å². The highest BCUT2D eigenvalue weighted by molar-refractivity contribution is 9.10.